The zero-order chi connectivity index (χ0) is 15.4. The van der Waals surface area contributed by atoms with Crippen molar-refractivity contribution in [1.29, 1.82) is 0 Å². The lowest BCUT2D eigenvalue weighted by Crippen LogP contribution is -2.49. The first kappa shape index (κ1) is 16.9. The molecule has 1 fully saturated rings. The number of nitrogens with one attached hydrogen (secondary N) is 1. The lowest BCUT2D eigenvalue weighted by atomic mass is 10.1. The second-order valence-corrected chi connectivity index (χ2v) is 7.47. The first-order chi connectivity index (χ1) is 10.0. The molecular weight excluding hydrogens is 327 g/mol. The molecule has 1 amide bonds. The maximum Gasteiger partial charge on any atom is 0.235 e. The largest absolute Gasteiger partial charge is 0.340 e. The average molecular weight is 347 g/mol. The highest BCUT2D eigenvalue weighted by Crippen LogP contribution is 2.33. The number of piperidine rings is 1. The zero-order valence-electron chi connectivity index (χ0n) is 12.2. The first-order valence-corrected chi connectivity index (χ1v) is 8.72. The molecule has 1 aliphatic heterocycles. The Morgan fingerprint density at radius 2 is 2.24 bits per heavy atom. The van der Waals surface area contributed by atoms with Crippen LogP contribution in [0.4, 0.5) is 0 Å². The van der Waals surface area contributed by atoms with E-state index in [0.29, 0.717) is 16.1 Å². The van der Waals surface area contributed by atoms with Crippen molar-refractivity contribution >= 4 is 40.9 Å². The number of hydrogen-bond donors (Lipinski definition) is 1. The maximum atomic E-state index is 12.6. The lowest BCUT2D eigenvalue weighted by Gasteiger charge is -2.34. The number of hydrogen-bond acceptors (Lipinski definition) is 3. The second-order valence-electron chi connectivity index (χ2n) is 5.25. The third kappa shape index (κ3) is 4.52. The number of carbonyl (C=O) groups excluding carboxylic acids is 1. The fourth-order valence-electron chi connectivity index (χ4n) is 2.48. The van der Waals surface area contributed by atoms with E-state index in [1.54, 1.807) is 12.1 Å². The topological polar surface area (TPSA) is 32.3 Å². The van der Waals surface area contributed by atoms with Gasteiger partial charge in [-0.25, -0.2) is 0 Å². The van der Waals surface area contributed by atoms with Crippen LogP contribution in [0.3, 0.4) is 0 Å². The van der Waals surface area contributed by atoms with Crippen molar-refractivity contribution in [1.82, 2.24) is 10.2 Å². The van der Waals surface area contributed by atoms with Crippen molar-refractivity contribution in [3.8, 4) is 0 Å². The van der Waals surface area contributed by atoms with E-state index in [1.165, 1.54) is 11.8 Å². The van der Waals surface area contributed by atoms with Gasteiger partial charge in [0.25, 0.3) is 0 Å². The molecule has 1 aromatic carbocycles. The Hall–Kier alpha value is -0.420. The molecule has 0 aromatic heterocycles. The van der Waals surface area contributed by atoms with Crippen molar-refractivity contribution in [2.24, 2.45) is 0 Å². The highest BCUT2D eigenvalue weighted by molar-refractivity contribution is 8.00. The summed E-state index contributed by atoms with van der Waals surface area (Å²) in [6, 6.07) is 5.73. The van der Waals surface area contributed by atoms with Crippen LogP contribution in [-0.2, 0) is 4.79 Å². The van der Waals surface area contributed by atoms with Crippen LogP contribution in [-0.4, -0.2) is 42.2 Å². The molecule has 1 heterocycles. The summed E-state index contributed by atoms with van der Waals surface area (Å²) in [5.74, 6) is 0.163. The third-order valence-electron chi connectivity index (χ3n) is 3.69. The summed E-state index contributed by atoms with van der Waals surface area (Å²) in [6.45, 7) is 3.54. The fraction of sp³-hybridized carbons (Fsp3) is 0.533. The van der Waals surface area contributed by atoms with E-state index >= 15 is 0 Å². The summed E-state index contributed by atoms with van der Waals surface area (Å²) in [5, 5.41) is 4.35. The van der Waals surface area contributed by atoms with Gasteiger partial charge in [-0.2, -0.15) is 0 Å². The smallest absolute Gasteiger partial charge is 0.235 e. The minimum absolute atomic E-state index is 0.163. The Bertz CT molecular complexity index is 512. The van der Waals surface area contributed by atoms with Gasteiger partial charge in [0.05, 0.1) is 10.3 Å². The molecule has 0 radical (unpaired) electrons. The molecule has 6 heteroatoms. The van der Waals surface area contributed by atoms with Crippen molar-refractivity contribution in [2.75, 3.05) is 20.1 Å². The summed E-state index contributed by atoms with van der Waals surface area (Å²) in [4.78, 5) is 15.4. The fourth-order valence-corrected chi connectivity index (χ4v) is 3.97. The van der Waals surface area contributed by atoms with Crippen molar-refractivity contribution in [3.05, 3.63) is 28.2 Å². The minimum Gasteiger partial charge on any atom is -0.340 e. The highest BCUT2D eigenvalue weighted by atomic mass is 35.5. The Labute approximate surface area is 140 Å². The molecular formula is C15H20Cl2N2OS. The molecule has 0 bridgehead atoms. The van der Waals surface area contributed by atoms with Crippen LogP contribution < -0.4 is 5.32 Å². The lowest BCUT2D eigenvalue weighted by molar-refractivity contribution is -0.131. The first-order valence-electron chi connectivity index (χ1n) is 7.09. The number of likely N-dealkylation sites (tertiary alicyclic amines) is 1. The second kappa shape index (κ2) is 7.73. The van der Waals surface area contributed by atoms with E-state index in [4.69, 9.17) is 23.2 Å². The van der Waals surface area contributed by atoms with E-state index in [-0.39, 0.29) is 11.2 Å². The Morgan fingerprint density at radius 3 is 2.95 bits per heavy atom. The zero-order valence-corrected chi connectivity index (χ0v) is 14.6. The van der Waals surface area contributed by atoms with Crippen LogP contribution in [0.15, 0.2) is 23.1 Å². The van der Waals surface area contributed by atoms with Crippen LogP contribution in [0.25, 0.3) is 0 Å². The van der Waals surface area contributed by atoms with Gasteiger partial charge in [0.1, 0.15) is 0 Å². The number of nitrogens with zero attached hydrogens (tertiary/aromatic N) is 1. The van der Waals surface area contributed by atoms with Gasteiger partial charge in [0.2, 0.25) is 5.91 Å². The summed E-state index contributed by atoms with van der Waals surface area (Å²) < 4.78 is 0. The van der Waals surface area contributed by atoms with Crippen LogP contribution in [0.1, 0.15) is 19.8 Å². The summed E-state index contributed by atoms with van der Waals surface area (Å²) in [5.41, 5.74) is 0. The highest BCUT2D eigenvalue weighted by Gasteiger charge is 2.27. The molecule has 2 unspecified atom stereocenters. The number of halogens is 2. The molecule has 1 N–H and O–H groups in total. The summed E-state index contributed by atoms with van der Waals surface area (Å²) in [7, 11) is 1.95. The minimum atomic E-state index is -0.170. The predicted molar refractivity (Wildman–Crippen MR) is 90.4 cm³/mol. The van der Waals surface area contributed by atoms with E-state index in [1.807, 2.05) is 24.9 Å². The predicted octanol–water partition coefficient (Wildman–Crippen LogP) is 3.68. The standard InChI is InChI=1S/C15H20Cl2N2OS/c1-10(21-14-8-11(16)5-6-13(14)17)15(20)19-7-3-4-12(9-19)18-2/h5-6,8,10,12,18H,3-4,7,9H2,1-2H3. The van der Waals surface area contributed by atoms with Gasteiger partial charge in [-0.3, -0.25) is 4.79 Å². The molecule has 0 aliphatic carbocycles. The van der Waals surface area contributed by atoms with Crippen LogP contribution in [0, 0.1) is 0 Å². The van der Waals surface area contributed by atoms with Crippen molar-refractivity contribution < 1.29 is 4.79 Å². The molecule has 3 nitrogen and oxygen atoms in total. The molecule has 1 saturated heterocycles. The SMILES string of the molecule is CNC1CCCN(C(=O)C(C)Sc2cc(Cl)ccc2Cl)C1. The molecule has 1 aromatic rings. The molecule has 21 heavy (non-hydrogen) atoms. The molecule has 2 rings (SSSR count). The maximum absolute atomic E-state index is 12.6. The Kier molecular flexibility index (Phi) is 6.23. The number of carbonyl (C=O) groups is 1. The van der Waals surface area contributed by atoms with Gasteiger partial charge in [-0.05, 0) is 45.0 Å². The molecule has 2 atom stereocenters. The molecule has 0 saturated carbocycles. The summed E-state index contributed by atoms with van der Waals surface area (Å²) in [6.07, 6.45) is 2.18. The van der Waals surface area contributed by atoms with E-state index in [2.05, 4.69) is 5.32 Å². The quantitative estimate of drug-likeness (QED) is 0.844. The normalized spacial score (nSPS) is 20.4. The number of thioether (sulfide) groups is 1. The van der Waals surface area contributed by atoms with Gasteiger partial charge in [0, 0.05) is 29.0 Å². The monoisotopic (exact) mass is 346 g/mol. The van der Waals surface area contributed by atoms with E-state index < -0.39 is 0 Å². The number of amides is 1. The van der Waals surface area contributed by atoms with Crippen LogP contribution >= 0.6 is 35.0 Å². The summed E-state index contributed by atoms with van der Waals surface area (Å²) >= 11 is 13.6. The van der Waals surface area contributed by atoms with Gasteiger partial charge in [-0.1, -0.05) is 23.2 Å². The van der Waals surface area contributed by atoms with Crippen LogP contribution in [0.2, 0.25) is 10.0 Å². The number of rotatable bonds is 4. The molecule has 116 valence electrons. The molecule has 1 aliphatic rings. The van der Waals surface area contributed by atoms with Gasteiger partial charge < -0.3 is 10.2 Å². The number of benzene rings is 1. The third-order valence-corrected chi connectivity index (χ3v) is 5.51. The number of likely N-dealkylation sites (N-methyl/N-ethyl adjacent to an activating group) is 1. The Morgan fingerprint density at radius 1 is 1.48 bits per heavy atom. The Balaban J connectivity index is 2.00. The van der Waals surface area contributed by atoms with Gasteiger partial charge in [-0.15, -0.1) is 11.8 Å². The van der Waals surface area contributed by atoms with Gasteiger partial charge in [0.15, 0.2) is 0 Å². The van der Waals surface area contributed by atoms with Gasteiger partial charge >= 0.3 is 0 Å². The molecule has 0 spiro atoms. The van der Waals surface area contributed by atoms with E-state index in [0.717, 1.165) is 30.8 Å². The van der Waals surface area contributed by atoms with Crippen LogP contribution in [0.5, 0.6) is 0 Å². The average Bonchev–Trinajstić information content (AvgIpc) is 2.50. The van der Waals surface area contributed by atoms with E-state index in [9.17, 15) is 4.79 Å². The van der Waals surface area contributed by atoms with Crippen molar-refractivity contribution in [2.45, 2.75) is 36.0 Å². The van der Waals surface area contributed by atoms with Crippen molar-refractivity contribution in [3.63, 3.8) is 0 Å².